The highest BCUT2D eigenvalue weighted by atomic mass is 19.2. The second kappa shape index (κ2) is 10.8. The summed E-state index contributed by atoms with van der Waals surface area (Å²) in [6.07, 6.45) is 2.88. The maximum atomic E-state index is 15.0. The normalized spacial score (nSPS) is 18.0. The van der Waals surface area contributed by atoms with E-state index in [9.17, 15) is 13.2 Å². The molecule has 1 fully saturated rings. The molecule has 0 aromatic heterocycles. The Morgan fingerprint density at radius 1 is 0.771 bits per heavy atom. The second-order valence-electron chi connectivity index (χ2n) is 8.75. The standard InChI is InChI=1S/C28H27F5O2/c1-3-5-16-6-13-24(35-15-16)22-12-11-21(27(32)28(22)33)20-10-9-19(25(30)26(20)31)18-8-7-17(34-4-2)14-23(18)29/h7-12,14,16,24H,3-6,13,15H2,1-2H3. The molecule has 0 radical (unpaired) electrons. The smallest absolute Gasteiger partial charge is 0.167 e. The molecular weight excluding hydrogens is 463 g/mol. The summed E-state index contributed by atoms with van der Waals surface area (Å²) in [6.45, 7) is 4.62. The molecule has 4 rings (SSSR count). The van der Waals surface area contributed by atoms with Crippen LogP contribution in [0.5, 0.6) is 5.75 Å². The maximum absolute atomic E-state index is 15.0. The van der Waals surface area contributed by atoms with Crippen LogP contribution in [0.25, 0.3) is 22.3 Å². The van der Waals surface area contributed by atoms with Gasteiger partial charge < -0.3 is 9.47 Å². The van der Waals surface area contributed by atoms with E-state index in [0.717, 1.165) is 37.5 Å². The predicted octanol–water partition coefficient (Wildman–Crippen LogP) is 8.38. The van der Waals surface area contributed by atoms with Crippen LogP contribution >= 0.6 is 0 Å². The molecule has 2 unspecified atom stereocenters. The topological polar surface area (TPSA) is 18.5 Å². The first kappa shape index (κ1) is 25.2. The van der Waals surface area contributed by atoms with Crippen LogP contribution < -0.4 is 4.74 Å². The summed E-state index contributed by atoms with van der Waals surface area (Å²) >= 11 is 0. The molecule has 186 valence electrons. The molecule has 1 aliphatic heterocycles. The Labute approximate surface area is 201 Å². The van der Waals surface area contributed by atoms with Crippen molar-refractivity contribution >= 4 is 0 Å². The summed E-state index contributed by atoms with van der Waals surface area (Å²) in [5.74, 6) is -5.30. The predicted molar refractivity (Wildman–Crippen MR) is 125 cm³/mol. The number of ether oxygens (including phenoxy) is 2. The molecule has 0 amide bonds. The highest BCUT2D eigenvalue weighted by Gasteiger charge is 2.28. The average molecular weight is 491 g/mol. The third-order valence-corrected chi connectivity index (χ3v) is 6.44. The van der Waals surface area contributed by atoms with Crippen molar-refractivity contribution in [2.75, 3.05) is 13.2 Å². The van der Waals surface area contributed by atoms with E-state index in [4.69, 9.17) is 9.47 Å². The zero-order chi connectivity index (χ0) is 25.1. The van der Waals surface area contributed by atoms with E-state index in [1.54, 1.807) is 6.92 Å². The van der Waals surface area contributed by atoms with Crippen LogP contribution in [0.2, 0.25) is 0 Å². The number of rotatable bonds is 7. The van der Waals surface area contributed by atoms with Gasteiger partial charge in [-0.25, -0.2) is 22.0 Å². The Balaban J connectivity index is 1.64. The highest BCUT2D eigenvalue weighted by molar-refractivity contribution is 5.73. The van der Waals surface area contributed by atoms with E-state index in [2.05, 4.69) is 6.92 Å². The van der Waals surface area contributed by atoms with E-state index in [0.29, 0.717) is 25.6 Å². The Morgan fingerprint density at radius 2 is 1.37 bits per heavy atom. The molecule has 3 aromatic carbocycles. The molecule has 35 heavy (non-hydrogen) atoms. The van der Waals surface area contributed by atoms with Crippen LogP contribution in [-0.4, -0.2) is 13.2 Å². The molecule has 2 nitrogen and oxygen atoms in total. The summed E-state index contributed by atoms with van der Waals surface area (Å²) in [4.78, 5) is 0. The quantitative estimate of drug-likeness (QED) is 0.310. The Morgan fingerprint density at radius 3 is 1.94 bits per heavy atom. The van der Waals surface area contributed by atoms with Crippen molar-refractivity contribution in [3.05, 3.63) is 77.1 Å². The van der Waals surface area contributed by atoms with Gasteiger partial charge in [-0.1, -0.05) is 37.6 Å². The lowest BCUT2D eigenvalue weighted by molar-refractivity contribution is -0.0214. The van der Waals surface area contributed by atoms with Gasteiger partial charge in [0.15, 0.2) is 23.3 Å². The van der Waals surface area contributed by atoms with Gasteiger partial charge >= 0.3 is 0 Å². The van der Waals surface area contributed by atoms with Gasteiger partial charge in [0.05, 0.1) is 19.3 Å². The molecule has 0 N–H and O–H groups in total. The largest absolute Gasteiger partial charge is 0.494 e. The number of hydrogen-bond donors (Lipinski definition) is 0. The van der Waals surface area contributed by atoms with Crippen molar-refractivity contribution in [3.8, 4) is 28.0 Å². The van der Waals surface area contributed by atoms with Gasteiger partial charge in [0.1, 0.15) is 11.6 Å². The third kappa shape index (κ3) is 5.06. The number of hydrogen-bond acceptors (Lipinski definition) is 2. The van der Waals surface area contributed by atoms with Gasteiger partial charge in [-0.15, -0.1) is 0 Å². The van der Waals surface area contributed by atoms with Crippen LogP contribution in [0.1, 0.15) is 51.2 Å². The average Bonchev–Trinajstić information content (AvgIpc) is 2.85. The first-order valence-corrected chi connectivity index (χ1v) is 11.9. The molecule has 0 saturated carbocycles. The minimum atomic E-state index is -1.39. The maximum Gasteiger partial charge on any atom is 0.167 e. The lowest BCUT2D eigenvalue weighted by Crippen LogP contribution is -2.21. The fraction of sp³-hybridized carbons (Fsp3) is 0.357. The van der Waals surface area contributed by atoms with Gasteiger partial charge in [-0.2, -0.15) is 0 Å². The van der Waals surface area contributed by atoms with Crippen molar-refractivity contribution in [2.45, 2.75) is 45.6 Å². The fourth-order valence-corrected chi connectivity index (χ4v) is 4.64. The van der Waals surface area contributed by atoms with Crippen LogP contribution in [0.15, 0.2) is 42.5 Å². The van der Waals surface area contributed by atoms with Gasteiger partial charge in [-0.3, -0.25) is 0 Å². The van der Waals surface area contributed by atoms with Crippen LogP contribution in [0.4, 0.5) is 22.0 Å². The molecule has 1 aliphatic rings. The minimum Gasteiger partial charge on any atom is -0.494 e. The highest BCUT2D eigenvalue weighted by Crippen LogP contribution is 2.38. The summed E-state index contributed by atoms with van der Waals surface area (Å²) < 4.78 is 85.4. The summed E-state index contributed by atoms with van der Waals surface area (Å²) in [7, 11) is 0. The van der Waals surface area contributed by atoms with Gasteiger partial charge in [-0.05, 0) is 44.2 Å². The number of benzene rings is 3. The summed E-state index contributed by atoms with van der Waals surface area (Å²) in [5, 5.41) is 0. The van der Waals surface area contributed by atoms with E-state index in [1.165, 1.54) is 24.3 Å². The van der Waals surface area contributed by atoms with E-state index in [-0.39, 0.29) is 22.4 Å². The minimum absolute atomic E-state index is 0.0650. The molecule has 3 aromatic rings. The van der Waals surface area contributed by atoms with Crippen molar-refractivity contribution in [1.82, 2.24) is 0 Å². The molecule has 2 atom stereocenters. The van der Waals surface area contributed by atoms with Gasteiger partial charge in [0, 0.05) is 33.9 Å². The van der Waals surface area contributed by atoms with E-state index < -0.39 is 46.3 Å². The third-order valence-electron chi connectivity index (χ3n) is 6.44. The molecule has 0 aliphatic carbocycles. The van der Waals surface area contributed by atoms with Crippen molar-refractivity contribution < 1.29 is 31.4 Å². The molecule has 0 spiro atoms. The van der Waals surface area contributed by atoms with Crippen LogP contribution in [-0.2, 0) is 4.74 Å². The Kier molecular flexibility index (Phi) is 7.75. The summed E-state index contributed by atoms with van der Waals surface area (Å²) in [6, 6.07) is 8.65. The van der Waals surface area contributed by atoms with Gasteiger partial charge in [0.25, 0.3) is 0 Å². The second-order valence-corrected chi connectivity index (χ2v) is 8.75. The molecule has 1 saturated heterocycles. The molecule has 7 heteroatoms. The van der Waals surface area contributed by atoms with Crippen molar-refractivity contribution in [3.63, 3.8) is 0 Å². The van der Waals surface area contributed by atoms with Crippen molar-refractivity contribution in [1.29, 1.82) is 0 Å². The van der Waals surface area contributed by atoms with Crippen molar-refractivity contribution in [2.24, 2.45) is 5.92 Å². The Bertz CT molecular complexity index is 1200. The molecular formula is C28H27F5O2. The first-order valence-electron chi connectivity index (χ1n) is 11.9. The van der Waals surface area contributed by atoms with Crippen LogP contribution in [0.3, 0.4) is 0 Å². The van der Waals surface area contributed by atoms with Crippen LogP contribution in [0, 0.1) is 35.0 Å². The Hall–Kier alpha value is -2.93. The SMILES string of the molecule is CCCC1CCC(c2ccc(-c3ccc(-c4ccc(OCC)cc4F)c(F)c3F)c(F)c2F)OC1. The number of halogens is 5. The zero-order valence-corrected chi connectivity index (χ0v) is 19.6. The van der Waals surface area contributed by atoms with E-state index in [1.807, 2.05) is 0 Å². The zero-order valence-electron chi connectivity index (χ0n) is 19.6. The van der Waals surface area contributed by atoms with E-state index >= 15 is 8.78 Å². The summed E-state index contributed by atoms with van der Waals surface area (Å²) in [5.41, 5.74) is -1.31. The lowest BCUT2D eigenvalue weighted by Gasteiger charge is -2.29. The van der Waals surface area contributed by atoms with Gasteiger partial charge in [0.2, 0.25) is 0 Å². The lowest BCUT2D eigenvalue weighted by atomic mass is 9.90. The first-order chi connectivity index (χ1) is 16.8. The molecule has 1 heterocycles. The molecule has 0 bridgehead atoms. The monoisotopic (exact) mass is 490 g/mol. The fourth-order valence-electron chi connectivity index (χ4n) is 4.64.